The number of aromatic hydroxyl groups is 1. The molecule has 2 nitrogen and oxygen atoms in total. The van der Waals surface area contributed by atoms with E-state index >= 15 is 0 Å². The van der Waals surface area contributed by atoms with Crippen LogP contribution in [0.5, 0.6) is 17.2 Å². The van der Waals surface area contributed by atoms with E-state index in [1.54, 1.807) is 18.2 Å². The second kappa shape index (κ2) is 3.56. The molecular weight excluding hydrogens is 200 g/mol. The SMILES string of the molecule is Oc1cccc(Oc2cccc3c2CC3)c1. The van der Waals surface area contributed by atoms with Gasteiger partial charge in [0.2, 0.25) is 0 Å². The highest BCUT2D eigenvalue weighted by atomic mass is 16.5. The summed E-state index contributed by atoms with van der Waals surface area (Å²) in [4.78, 5) is 0. The van der Waals surface area contributed by atoms with Gasteiger partial charge in [-0.05, 0) is 42.2 Å². The number of ether oxygens (including phenoxy) is 1. The summed E-state index contributed by atoms with van der Waals surface area (Å²) >= 11 is 0. The van der Waals surface area contributed by atoms with Gasteiger partial charge >= 0.3 is 0 Å². The fourth-order valence-electron chi connectivity index (χ4n) is 1.98. The van der Waals surface area contributed by atoms with Crippen molar-refractivity contribution < 1.29 is 9.84 Å². The largest absolute Gasteiger partial charge is 0.508 e. The molecule has 0 saturated heterocycles. The Labute approximate surface area is 94.1 Å². The van der Waals surface area contributed by atoms with Crippen molar-refractivity contribution in [2.45, 2.75) is 12.8 Å². The Morgan fingerprint density at radius 3 is 2.62 bits per heavy atom. The second-order valence-electron chi connectivity index (χ2n) is 3.99. The minimum atomic E-state index is 0.229. The van der Waals surface area contributed by atoms with Crippen LogP contribution in [-0.4, -0.2) is 5.11 Å². The summed E-state index contributed by atoms with van der Waals surface area (Å²) in [6, 6.07) is 13.0. The Morgan fingerprint density at radius 1 is 1.00 bits per heavy atom. The molecule has 0 unspecified atom stereocenters. The molecule has 0 aliphatic heterocycles. The van der Waals surface area contributed by atoms with Crippen LogP contribution in [-0.2, 0) is 12.8 Å². The third kappa shape index (κ3) is 1.52. The molecular formula is C14H12O2. The van der Waals surface area contributed by atoms with Gasteiger partial charge in [-0.1, -0.05) is 18.2 Å². The lowest BCUT2D eigenvalue weighted by atomic mass is 9.88. The molecule has 0 saturated carbocycles. The highest BCUT2D eigenvalue weighted by molar-refractivity contribution is 5.48. The molecule has 0 spiro atoms. The minimum Gasteiger partial charge on any atom is -0.508 e. The van der Waals surface area contributed by atoms with Gasteiger partial charge in [0.25, 0.3) is 0 Å². The van der Waals surface area contributed by atoms with Crippen LogP contribution >= 0.6 is 0 Å². The van der Waals surface area contributed by atoms with Crippen molar-refractivity contribution in [1.82, 2.24) is 0 Å². The van der Waals surface area contributed by atoms with Gasteiger partial charge < -0.3 is 9.84 Å². The number of benzene rings is 2. The number of aryl methyl sites for hydroxylation is 1. The Hall–Kier alpha value is -1.96. The van der Waals surface area contributed by atoms with Crippen molar-refractivity contribution in [2.24, 2.45) is 0 Å². The fraction of sp³-hybridized carbons (Fsp3) is 0.143. The summed E-state index contributed by atoms with van der Waals surface area (Å²) in [5, 5.41) is 9.35. The molecule has 0 atom stereocenters. The van der Waals surface area contributed by atoms with E-state index in [9.17, 15) is 5.11 Å². The molecule has 3 rings (SSSR count). The predicted molar refractivity (Wildman–Crippen MR) is 62.0 cm³/mol. The first-order chi connectivity index (χ1) is 7.83. The Bertz CT molecular complexity index is 532. The third-order valence-electron chi connectivity index (χ3n) is 2.92. The van der Waals surface area contributed by atoms with Gasteiger partial charge in [0.15, 0.2) is 0 Å². The topological polar surface area (TPSA) is 29.5 Å². The van der Waals surface area contributed by atoms with Gasteiger partial charge in [-0.25, -0.2) is 0 Å². The van der Waals surface area contributed by atoms with E-state index < -0.39 is 0 Å². The van der Waals surface area contributed by atoms with E-state index in [0.717, 1.165) is 18.6 Å². The van der Waals surface area contributed by atoms with Crippen molar-refractivity contribution in [3.05, 3.63) is 53.6 Å². The van der Waals surface area contributed by atoms with Gasteiger partial charge in [-0.3, -0.25) is 0 Å². The molecule has 0 heterocycles. The summed E-state index contributed by atoms with van der Waals surface area (Å²) in [6.45, 7) is 0. The van der Waals surface area contributed by atoms with Gasteiger partial charge in [0.05, 0.1) is 0 Å². The lowest BCUT2D eigenvalue weighted by molar-refractivity contribution is 0.450. The van der Waals surface area contributed by atoms with Crippen LogP contribution in [0.15, 0.2) is 42.5 Å². The van der Waals surface area contributed by atoms with E-state index in [-0.39, 0.29) is 5.75 Å². The average molecular weight is 212 g/mol. The van der Waals surface area contributed by atoms with Crippen molar-refractivity contribution in [3.8, 4) is 17.2 Å². The quantitative estimate of drug-likeness (QED) is 0.827. The molecule has 0 radical (unpaired) electrons. The monoisotopic (exact) mass is 212 g/mol. The molecule has 1 N–H and O–H groups in total. The molecule has 1 aliphatic rings. The molecule has 1 aliphatic carbocycles. The van der Waals surface area contributed by atoms with E-state index in [2.05, 4.69) is 6.07 Å². The number of hydrogen-bond acceptors (Lipinski definition) is 2. The average Bonchev–Trinajstić information content (AvgIpc) is 2.21. The maximum Gasteiger partial charge on any atom is 0.131 e. The summed E-state index contributed by atoms with van der Waals surface area (Å²) < 4.78 is 5.76. The van der Waals surface area contributed by atoms with E-state index in [1.165, 1.54) is 11.1 Å². The summed E-state index contributed by atoms with van der Waals surface area (Å²) in [6.07, 6.45) is 2.23. The van der Waals surface area contributed by atoms with Crippen molar-refractivity contribution in [2.75, 3.05) is 0 Å². The van der Waals surface area contributed by atoms with Crippen LogP contribution in [0.25, 0.3) is 0 Å². The number of phenolic OH excluding ortho intramolecular Hbond substituents is 1. The predicted octanol–water partition coefficient (Wildman–Crippen LogP) is 3.28. The summed E-state index contributed by atoms with van der Waals surface area (Å²) in [7, 11) is 0. The van der Waals surface area contributed by atoms with Crippen LogP contribution in [0.2, 0.25) is 0 Å². The smallest absolute Gasteiger partial charge is 0.131 e. The Morgan fingerprint density at radius 2 is 1.88 bits per heavy atom. The van der Waals surface area contributed by atoms with Crippen molar-refractivity contribution in [1.29, 1.82) is 0 Å². The van der Waals surface area contributed by atoms with Crippen LogP contribution in [0.1, 0.15) is 11.1 Å². The normalized spacial score (nSPS) is 12.8. The van der Waals surface area contributed by atoms with Gasteiger partial charge in [-0.2, -0.15) is 0 Å². The minimum absolute atomic E-state index is 0.229. The first kappa shape index (κ1) is 9.28. The second-order valence-corrected chi connectivity index (χ2v) is 3.99. The fourth-order valence-corrected chi connectivity index (χ4v) is 1.98. The highest BCUT2D eigenvalue weighted by Gasteiger charge is 2.17. The van der Waals surface area contributed by atoms with E-state index in [4.69, 9.17) is 4.74 Å². The molecule has 80 valence electrons. The zero-order chi connectivity index (χ0) is 11.0. The molecule has 16 heavy (non-hydrogen) atoms. The van der Waals surface area contributed by atoms with Gasteiger partial charge in [0.1, 0.15) is 17.2 Å². The van der Waals surface area contributed by atoms with Crippen molar-refractivity contribution >= 4 is 0 Å². The molecule has 2 aromatic rings. The molecule has 0 aromatic heterocycles. The molecule has 2 aromatic carbocycles. The maximum absolute atomic E-state index is 9.35. The summed E-state index contributed by atoms with van der Waals surface area (Å²) in [5.41, 5.74) is 2.67. The molecule has 0 fully saturated rings. The van der Waals surface area contributed by atoms with Crippen molar-refractivity contribution in [3.63, 3.8) is 0 Å². The maximum atomic E-state index is 9.35. The van der Waals surface area contributed by atoms with E-state index in [1.807, 2.05) is 18.2 Å². The number of rotatable bonds is 2. The molecule has 0 amide bonds. The lowest BCUT2D eigenvalue weighted by Crippen LogP contribution is -2.09. The Balaban J connectivity index is 1.92. The molecule has 2 heteroatoms. The standard InChI is InChI=1S/C14H12O2/c15-11-4-2-5-12(9-11)16-14-6-1-3-10-7-8-13(10)14/h1-6,9,15H,7-8H2. The third-order valence-corrected chi connectivity index (χ3v) is 2.92. The van der Waals surface area contributed by atoms with E-state index in [0.29, 0.717) is 5.75 Å². The summed E-state index contributed by atoms with van der Waals surface area (Å²) in [5.74, 6) is 1.82. The zero-order valence-electron chi connectivity index (χ0n) is 8.81. The Kier molecular flexibility index (Phi) is 2.07. The van der Waals surface area contributed by atoms with Gasteiger partial charge in [-0.15, -0.1) is 0 Å². The highest BCUT2D eigenvalue weighted by Crippen LogP contribution is 2.35. The van der Waals surface area contributed by atoms with Gasteiger partial charge in [0, 0.05) is 6.07 Å². The molecule has 0 bridgehead atoms. The van der Waals surface area contributed by atoms with Crippen LogP contribution in [0.4, 0.5) is 0 Å². The first-order valence-electron chi connectivity index (χ1n) is 5.40. The number of phenols is 1. The number of hydrogen-bond donors (Lipinski definition) is 1. The van der Waals surface area contributed by atoms with Crippen LogP contribution in [0.3, 0.4) is 0 Å². The first-order valence-corrected chi connectivity index (χ1v) is 5.40. The number of fused-ring (bicyclic) bond motifs is 1. The lowest BCUT2D eigenvalue weighted by Gasteiger charge is -2.21. The van der Waals surface area contributed by atoms with Crippen LogP contribution < -0.4 is 4.74 Å². The van der Waals surface area contributed by atoms with Crippen LogP contribution in [0, 0.1) is 0 Å². The zero-order valence-corrected chi connectivity index (χ0v) is 8.81.